The number of ether oxygens (including phenoxy) is 5. The number of phenolic OH excluding ortho intramolecular Hbond substituents is 2. The first-order chi connectivity index (χ1) is 25.8. The number of carbonyl (C=O) groups excluding carboxylic acids is 4. The van der Waals surface area contributed by atoms with Gasteiger partial charge in [-0.3, -0.25) is 19.3 Å². The van der Waals surface area contributed by atoms with Gasteiger partial charge in [0.15, 0.2) is 6.10 Å². The van der Waals surface area contributed by atoms with Gasteiger partial charge in [-0.2, -0.15) is 0 Å². The van der Waals surface area contributed by atoms with Crippen LogP contribution in [0.4, 0.5) is 0 Å². The zero-order valence-corrected chi connectivity index (χ0v) is 30.9. The van der Waals surface area contributed by atoms with E-state index in [4.69, 9.17) is 23.7 Å². The first-order valence-corrected chi connectivity index (χ1v) is 17.4. The summed E-state index contributed by atoms with van der Waals surface area (Å²) in [5, 5.41) is 22.3. The molecule has 4 unspecified atom stereocenters. The smallest absolute Gasteiger partial charge is 0.339 e. The van der Waals surface area contributed by atoms with Crippen molar-refractivity contribution >= 4 is 34.5 Å². The molecule has 0 bridgehead atoms. The second kappa shape index (κ2) is 13.4. The van der Waals surface area contributed by atoms with Gasteiger partial charge in [0.05, 0.1) is 44.2 Å². The van der Waals surface area contributed by atoms with Gasteiger partial charge in [0, 0.05) is 42.3 Å². The number of aromatic amines is 1. The predicted molar refractivity (Wildman–Crippen MR) is 194 cm³/mol. The lowest BCUT2D eigenvalue weighted by molar-refractivity contribution is -0.238. The topological polar surface area (TPSA) is 177 Å². The van der Waals surface area contributed by atoms with Crippen LogP contribution in [0.2, 0.25) is 0 Å². The fourth-order valence-electron chi connectivity index (χ4n) is 8.15. The minimum atomic E-state index is -2.20. The molecule has 3 N–H and O–H groups in total. The standard InChI is InChI=1S/C40H41N3O11/c1-19(2)13-27-34-32(23-11-10-22(50-4)18-25(23)41-34)36(40(53-7)39(49)42-12-8-9-26(42)37(47)43(27)40)54-38(48)24-16-21(44)17-30(52-6)31(24)35(46)33-28(45)14-20(3)15-29(33)51-5/h10-11,13-18,26-27,36,41,44-45H,8-9,12H2,1-7H3. The Labute approximate surface area is 310 Å². The van der Waals surface area contributed by atoms with Crippen molar-refractivity contribution in [1.82, 2.24) is 14.8 Å². The summed E-state index contributed by atoms with van der Waals surface area (Å²) in [5.41, 5.74) is -0.365. The number of aryl methyl sites for hydroxylation is 1. The number of fused-ring (bicyclic) bond motifs is 5. The highest BCUT2D eigenvalue weighted by Gasteiger charge is 2.68. The number of carbonyl (C=O) groups is 4. The van der Waals surface area contributed by atoms with Gasteiger partial charge < -0.3 is 43.8 Å². The molecule has 4 heterocycles. The number of hydrogen-bond donors (Lipinski definition) is 3. The summed E-state index contributed by atoms with van der Waals surface area (Å²) in [4.78, 5) is 65.0. The minimum absolute atomic E-state index is 0.0314. The number of allylic oxidation sites excluding steroid dienone is 1. The Hall–Kier alpha value is -6.02. The van der Waals surface area contributed by atoms with Gasteiger partial charge in [0.1, 0.15) is 40.4 Å². The van der Waals surface area contributed by atoms with Gasteiger partial charge in [-0.05, 0) is 69.5 Å². The molecule has 2 saturated heterocycles. The highest BCUT2D eigenvalue weighted by Crippen LogP contribution is 2.55. The summed E-state index contributed by atoms with van der Waals surface area (Å²) in [6.45, 7) is 5.75. The molecule has 54 heavy (non-hydrogen) atoms. The number of piperazine rings is 1. The minimum Gasteiger partial charge on any atom is -0.508 e. The molecule has 0 aliphatic carbocycles. The van der Waals surface area contributed by atoms with E-state index in [0.29, 0.717) is 52.9 Å². The van der Waals surface area contributed by atoms with Gasteiger partial charge in [0.25, 0.3) is 11.6 Å². The number of esters is 1. The second-order valence-electron chi connectivity index (χ2n) is 13.9. The lowest BCUT2D eigenvalue weighted by atomic mass is 9.81. The Kier molecular flexibility index (Phi) is 9.04. The molecule has 2 fully saturated rings. The molecule has 3 aromatic carbocycles. The van der Waals surface area contributed by atoms with Crippen molar-refractivity contribution in [3.05, 3.63) is 87.6 Å². The van der Waals surface area contributed by atoms with Crippen molar-refractivity contribution in [2.24, 2.45) is 0 Å². The van der Waals surface area contributed by atoms with E-state index in [1.54, 1.807) is 31.2 Å². The van der Waals surface area contributed by atoms with Crippen LogP contribution in [0.1, 0.15) is 81.9 Å². The van der Waals surface area contributed by atoms with E-state index in [0.717, 1.165) is 17.7 Å². The molecular formula is C40H41N3O11. The molecule has 4 atom stereocenters. The second-order valence-corrected chi connectivity index (χ2v) is 13.9. The van der Waals surface area contributed by atoms with Crippen LogP contribution < -0.4 is 14.2 Å². The molecule has 2 amide bonds. The van der Waals surface area contributed by atoms with Gasteiger partial charge in [-0.15, -0.1) is 0 Å². The van der Waals surface area contributed by atoms with E-state index >= 15 is 0 Å². The maximum Gasteiger partial charge on any atom is 0.339 e. The molecule has 282 valence electrons. The summed E-state index contributed by atoms with van der Waals surface area (Å²) in [5.74, 6) is -3.45. The van der Waals surface area contributed by atoms with Crippen molar-refractivity contribution in [2.75, 3.05) is 35.0 Å². The summed E-state index contributed by atoms with van der Waals surface area (Å²) in [7, 11) is 5.40. The third-order valence-electron chi connectivity index (χ3n) is 10.4. The van der Waals surface area contributed by atoms with E-state index < -0.39 is 58.6 Å². The largest absolute Gasteiger partial charge is 0.508 e. The van der Waals surface area contributed by atoms with Crippen LogP contribution in [-0.2, 0) is 19.1 Å². The van der Waals surface area contributed by atoms with Gasteiger partial charge in [-0.1, -0.05) is 11.6 Å². The highest BCUT2D eigenvalue weighted by atomic mass is 16.6. The number of ketones is 1. The molecule has 4 aromatic rings. The maximum absolute atomic E-state index is 14.9. The Morgan fingerprint density at radius 1 is 0.944 bits per heavy atom. The third-order valence-corrected chi connectivity index (χ3v) is 10.4. The number of aromatic hydroxyl groups is 2. The Balaban J connectivity index is 1.48. The Bertz CT molecular complexity index is 2270. The van der Waals surface area contributed by atoms with Crippen LogP contribution in [0.3, 0.4) is 0 Å². The normalized spacial score (nSPS) is 21.6. The zero-order chi connectivity index (χ0) is 38.8. The molecule has 0 spiro atoms. The van der Waals surface area contributed by atoms with E-state index in [-0.39, 0.29) is 28.5 Å². The van der Waals surface area contributed by atoms with Crippen LogP contribution in [-0.4, -0.2) is 95.3 Å². The maximum atomic E-state index is 14.9. The molecular weight excluding hydrogens is 698 g/mol. The van der Waals surface area contributed by atoms with Gasteiger partial charge >= 0.3 is 5.97 Å². The van der Waals surface area contributed by atoms with E-state index in [9.17, 15) is 29.4 Å². The monoisotopic (exact) mass is 739 g/mol. The van der Waals surface area contributed by atoms with E-state index in [1.807, 2.05) is 19.9 Å². The molecule has 14 heteroatoms. The number of phenols is 2. The molecule has 3 aliphatic rings. The number of benzene rings is 3. The average molecular weight is 740 g/mol. The SMILES string of the molecule is COc1ccc2c3c([nH]c2c1)C(C=C(C)C)N1C(=O)C2CCCN2C(=O)C1(OC)C3OC(=O)c1cc(O)cc(OC)c1C(=O)c1c(O)cc(C)cc1OC. The number of hydrogen-bond acceptors (Lipinski definition) is 11. The molecule has 0 saturated carbocycles. The fraction of sp³-hybridized carbons (Fsp3) is 0.350. The molecule has 0 radical (unpaired) electrons. The number of H-pyrrole nitrogens is 1. The quantitative estimate of drug-likeness (QED) is 0.116. The van der Waals surface area contributed by atoms with E-state index in [2.05, 4.69) is 4.98 Å². The first kappa shape index (κ1) is 36.3. The fourth-order valence-corrected chi connectivity index (χ4v) is 8.15. The Morgan fingerprint density at radius 2 is 1.67 bits per heavy atom. The number of nitrogens with zero attached hydrogens (tertiary/aromatic N) is 2. The highest BCUT2D eigenvalue weighted by molar-refractivity contribution is 6.19. The van der Waals surface area contributed by atoms with Crippen molar-refractivity contribution in [2.45, 2.75) is 57.5 Å². The van der Waals surface area contributed by atoms with Crippen LogP contribution in [0.25, 0.3) is 10.9 Å². The molecule has 14 nitrogen and oxygen atoms in total. The van der Waals surface area contributed by atoms with Crippen LogP contribution in [0, 0.1) is 6.92 Å². The lowest BCUT2D eigenvalue weighted by Crippen LogP contribution is -2.75. The zero-order valence-electron chi connectivity index (χ0n) is 30.9. The summed E-state index contributed by atoms with van der Waals surface area (Å²) < 4.78 is 29.0. The van der Waals surface area contributed by atoms with Crippen molar-refractivity contribution < 1.29 is 53.1 Å². The number of amides is 2. The number of nitrogens with one attached hydrogen (secondary N) is 1. The van der Waals surface area contributed by atoms with Gasteiger partial charge in [-0.25, -0.2) is 4.79 Å². The number of methoxy groups -OCH3 is 4. The summed E-state index contributed by atoms with van der Waals surface area (Å²) >= 11 is 0. The van der Waals surface area contributed by atoms with Crippen LogP contribution in [0.5, 0.6) is 28.7 Å². The summed E-state index contributed by atoms with van der Waals surface area (Å²) in [6.07, 6.45) is 1.29. The Morgan fingerprint density at radius 3 is 2.33 bits per heavy atom. The van der Waals surface area contributed by atoms with Crippen molar-refractivity contribution in [3.8, 4) is 28.7 Å². The third kappa shape index (κ3) is 5.34. The first-order valence-electron chi connectivity index (χ1n) is 17.4. The van der Waals surface area contributed by atoms with Crippen molar-refractivity contribution in [1.29, 1.82) is 0 Å². The number of rotatable bonds is 9. The summed E-state index contributed by atoms with van der Waals surface area (Å²) in [6, 6.07) is 8.75. The lowest BCUT2D eigenvalue weighted by Gasteiger charge is -2.56. The average Bonchev–Trinajstić information content (AvgIpc) is 3.79. The van der Waals surface area contributed by atoms with Crippen LogP contribution in [0.15, 0.2) is 54.1 Å². The van der Waals surface area contributed by atoms with Crippen LogP contribution >= 0.6 is 0 Å². The van der Waals surface area contributed by atoms with Gasteiger partial charge in [0.2, 0.25) is 11.7 Å². The predicted octanol–water partition coefficient (Wildman–Crippen LogP) is 5.24. The number of aromatic nitrogens is 1. The molecule has 7 rings (SSSR count). The molecule has 1 aromatic heterocycles. The molecule has 3 aliphatic heterocycles. The van der Waals surface area contributed by atoms with E-state index in [1.165, 1.54) is 44.3 Å². The van der Waals surface area contributed by atoms with Crippen molar-refractivity contribution in [3.63, 3.8) is 0 Å².